The average Bonchev–Trinajstić information content (AvgIpc) is 3.77. The number of benzene rings is 4. The van der Waals surface area contributed by atoms with Crippen molar-refractivity contribution in [2.75, 3.05) is 26.2 Å². The largest absolute Gasteiger partial charge is 0.461 e. The topological polar surface area (TPSA) is 187 Å². The van der Waals surface area contributed by atoms with Crippen molar-refractivity contribution < 1.29 is 38.1 Å². The lowest BCUT2D eigenvalue weighted by Gasteiger charge is -2.20. The smallest absolute Gasteiger partial charge is 0.243 e. The van der Waals surface area contributed by atoms with Gasteiger partial charge in [-0.2, -0.15) is 13.7 Å². The minimum absolute atomic E-state index is 0.0951. The zero-order valence-electron chi connectivity index (χ0n) is 35.0. The van der Waals surface area contributed by atoms with Crippen LogP contribution in [0.3, 0.4) is 0 Å². The summed E-state index contributed by atoms with van der Waals surface area (Å²) in [4.78, 5) is 4.34. The van der Waals surface area contributed by atoms with Gasteiger partial charge in [-0.15, -0.1) is 0 Å². The molecule has 2 fully saturated rings. The van der Waals surface area contributed by atoms with E-state index in [0.717, 1.165) is 68.4 Å². The molecule has 0 aliphatic carbocycles. The first-order valence-corrected chi connectivity index (χ1v) is 27.1. The van der Waals surface area contributed by atoms with Crippen molar-refractivity contribution in [3.63, 3.8) is 0 Å². The van der Waals surface area contributed by atoms with Crippen LogP contribution in [-0.2, 0) is 51.2 Å². The van der Waals surface area contributed by atoms with Crippen molar-refractivity contribution in [3.05, 3.63) is 139 Å². The van der Waals surface area contributed by atoms with Gasteiger partial charge >= 0.3 is 0 Å². The molecule has 0 saturated carbocycles. The molecule has 0 unspecified atom stereocenters. The van der Waals surface area contributed by atoms with Gasteiger partial charge in [-0.05, 0) is 117 Å². The maximum atomic E-state index is 13.1. The number of aromatic nitrogens is 3. The van der Waals surface area contributed by atoms with Gasteiger partial charge in [-0.3, -0.25) is 0 Å². The highest BCUT2D eigenvalue weighted by molar-refractivity contribution is 7.91. The van der Waals surface area contributed by atoms with Crippen molar-refractivity contribution in [1.82, 2.24) is 23.4 Å². The number of hydrogen-bond donors (Lipinski definition) is 0. The summed E-state index contributed by atoms with van der Waals surface area (Å²) in [6.07, 6.45) is 10.5. The second-order valence-electron chi connectivity index (χ2n) is 15.7. The van der Waals surface area contributed by atoms with Gasteiger partial charge in [0.05, 0.1) is 36.8 Å². The third-order valence-corrected chi connectivity index (χ3v) is 18.3. The lowest BCUT2D eigenvalue weighted by molar-refractivity contribution is 0.423. The Morgan fingerprint density at radius 1 is 0.524 bits per heavy atom. The summed E-state index contributed by atoms with van der Waals surface area (Å²) in [5.41, 5.74) is 2.76. The highest BCUT2D eigenvalue weighted by Gasteiger charge is 2.28. The van der Waals surface area contributed by atoms with E-state index in [1.54, 1.807) is 47.4 Å². The minimum atomic E-state index is -3.68. The van der Waals surface area contributed by atoms with Gasteiger partial charge in [0, 0.05) is 31.7 Å². The molecule has 0 bridgehead atoms. The van der Waals surface area contributed by atoms with Gasteiger partial charge < -0.3 is 4.42 Å². The molecule has 18 heteroatoms. The van der Waals surface area contributed by atoms with E-state index in [4.69, 9.17) is 4.42 Å². The summed E-state index contributed by atoms with van der Waals surface area (Å²) in [6, 6.07) is 29.0. The van der Waals surface area contributed by atoms with Crippen LogP contribution in [-0.4, -0.2) is 83.2 Å². The third kappa shape index (κ3) is 11.2. The lowest BCUT2D eigenvalue weighted by atomic mass is 10.1. The molecular formula is C45H51N5O9S4. The summed E-state index contributed by atoms with van der Waals surface area (Å²) < 4.78 is 114. The standard InChI is InChI=1S/C24H27NO5S2.C21H24N4O4S2/c1-19-10-15-24(30-19)23-9-5-4-8-20(23)18-31(26,27)21-11-13-22(14-12-21)32(28,29)25-16-6-2-3-7-17-25;26-30(27,15-18-5-7-19(8-6-18)25-17-22-16-23-25)20-9-11-21(12-10-20)31(28,29)24-13-3-1-2-4-14-24/h4-5,8-15H,2-3,6-7,16-18H2,1H3;5-12,16-17H,1-4,13-15H2. The second-order valence-corrected chi connectivity index (χ2v) is 23.5. The summed E-state index contributed by atoms with van der Waals surface area (Å²) in [6.45, 7) is 3.86. The number of sulfonamides is 2. The maximum absolute atomic E-state index is 13.1. The van der Waals surface area contributed by atoms with Crippen LogP contribution in [0.1, 0.15) is 68.3 Å². The molecule has 0 radical (unpaired) electrons. The van der Waals surface area contributed by atoms with Gasteiger partial charge in [0.1, 0.15) is 24.2 Å². The Hall–Kier alpha value is -4.98. The first kappa shape index (κ1) is 46.0. The molecule has 4 heterocycles. The molecular weight excluding hydrogens is 883 g/mol. The number of sulfone groups is 2. The SMILES string of the molecule is Cc1ccc(-c2ccccc2CS(=O)(=O)c2ccc(S(=O)(=O)N3CCCCCC3)cc2)o1.O=S(=O)(Cc1ccc(-n2cncn2)cc1)c1ccc(S(=O)(=O)N2CCCCCC2)cc1. The first-order chi connectivity index (χ1) is 30.1. The van der Waals surface area contributed by atoms with Crippen LogP contribution in [0, 0.1) is 6.92 Å². The van der Waals surface area contributed by atoms with E-state index in [1.165, 1.54) is 63.5 Å². The van der Waals surface area contributed by atoms with Crippen LogP contribution in [0.25, 0.3) is 17.0 Å². The van der Waals surface area contributed by atoms with E-state index in [0.29, 0.717) is 43.1 Å². The molecule has 8 rings (SSSR count). The van der Waals surface area contributed by atoms with Crippen LogP contribution in [0.2, 0.25) is 0 Å². The van der Waals surface area contributed by atoms with Gasteiger partial charge in [0.25, 0.3) is 0 Å². The Morgan fingerprint density at radius 2 is 1.00 bits per heavy atom. The Morgan fingerprint density at radius 3 is 1.46 bits per heavy atom. The van der Waals surface area contributed by atoms with E-state index < -0.39 is 39.7 Å². The zero-order valence-corrected chi connectivity index (χ0v) is 38.3. The second kappa shape index (κ2) is 19.8. The van der Waals surface area contributed by atoms with E-state index in [1.807, 2.05) is 31.2 Å². The first-order valence-electron chi connectivity index (χ1n) is 20.9. The van der Waals surface area contributed by atoms with Gasteiger partial charge in [0.2, 0.25) is 20.0 Å². The van der Waals surface area contributed by atoms with E-state index in [9.17, 15) is 33.7 Å². The minimum Gasteiger partial charge on any atom is -0.461 e. The monoisotopic (exact) mass is 933 g/mol. The summed E-state index contributed by atoms with van der Waals surface area (Å²) in [5, 5.41) is 4.04. The Bertz CT molecular complexity index is 2900. The van der Waals surface area contributed by atoms with Crippen molar-refractivity contribution in [1.29, 1.82) is 0 Å². The molecule has 0 amide bonds. The fourth-order valence-electron chi connectivity index (χ4n) is 7.64. The Balaban J connectivity index is 0.000000189. The quantitative estimate of drug-likeness (QED) is 0.118. The molecule has 334 valence electrons. The van der Waals surface area contributed by atoms with Crippen molar-refractivity contribution in [2.45, 2.75) is 89.4 Å². The highest BCUT2D eigenvalue weighted by atomic mass is 32.2. The molecule has 0 N–H and O–H groups in total. The predicted molar refractivity (Wildman–Crippen MR) is 239 cm³/mol. The van der Waals surface area contributed by atoms with Crippen molar-refractivity contribution in [2.24, 2.45) is 0 Å². The summed E-state index contributed by atoms with van der Waals surface area (Å²) in [7, 11) is -14.5. The van der Waals surface area contributed by atoms with Crippen molar-refractivity contribution >= 4 is 39.7 Å². The normalized spacial score (nSPS) is 16.1. The van der Waals surface area contributed by atoms with Gasteiger partial charge in [-0.25, -0.2) is 43.3 Å². The van der Waals surface area contributed by atoms with E-state index in [-0.39, 0.29) is 31.1 Å². The molecule has 2 aromatic heterocycles. The number of rotatable bonds is 12. The number of furan rings is 1. The molecule has 0 atom stereocenters. The summed E-state index contributed by atoms with van der Waals surface area (Å²) in [5.74, 6) is 0.982. The third-order valence-electron chi connectivity index (χ3n) is 11.1. The number of aryl methyl sites for hydroxylation is 1. The molecule has 4 aromatic carbocycles. The zero-order chi connectivity index (χ0) is 44.7. The van der Waals surface area contributed by atoms with Crippen LogP contribution >= 0.6 is 0 Å². The average molecular weight is 934 g/mol. The molecule has 2 aliphatic heterocycles. The lowest BCUT2D eigenvalue weighted by Crippen LogP contribution is -2.31. The molecule has 2 saturated heterocycles. The highest BCUT2D eigenvalue weighted by Crippen LogP contribution is 2.30. The number of nitrogens with zero attached hydrogens (tertiary/aromatic N) is 5. The van der Waals surface area contributed by atoms with Crippen molar-refractivity contribution in [3.8, 4) is 17.0 Å². The van der Waals surface area contributed by atoms with Crippen LogP contribution in [0.5, 0.6) is 0 Å². The summed E-state index contributed by atoms with van der Waals surface area (Å²) >= 11 is 0. The fraction of sp³-hybridized carbons (Fsp3) is 0.333. The van der Waals surface area contributed by atoms with Crippen LogP contribution in [0.15, 0.2) is 146 Å². The van der Waals surface area contributed by atoms with Gasteiger partial charge in [-0.1, -0.05) is 62.1 Å². The molecule has 63 heavy (non-hydrogen) atoms. The van der Waals surface area contributed by atoms with Crippen LogP contribution < -0.4 is 0 Å². The molecule has 14 nitrogen and oxygen atoms in total. The number of hydrogen-bond acceptors (Lipinski definition) is 11. The van der Waals surface area contributed by atoms with Crippen LogP contribution in [0.4, 0.5) is 0 Å². The molecule has 2 aliphatic rings. The van der Waals surface area contributed by atoms with E-state index >= 15 is 0 Å². The maximum Gasteiger partial charge on any atom is 0.243 e. The molecule has 6 aromatic rings. The Kier molecular flexibility index (Phi) is 14.5. The van der Waals surface area contributed by atoms with Gasteiger partial charge in [0.15, 0.2) is 19.7 Å². The van der Waals surface area contributed by atoms with E-state index in [2.05, 4.69) is 10.1 Å². The predicted octanol–water partition coefficient (Wildman–Crippen LogP) is 7.60. The molecule has 0 spiro atoms. The Labute approximate surface area is 370 Å². The fourth-order valence-corrected chi connectivity index (χ4v) is 13.4.